The normalized spacial score (nSPS) is 19.8. The smallest absolute Gasteiger partial charge is 0.118 e. The molecule has 21 heavy (non-hydrogen) atoms. The number of hydrogen-bond acceptors (Lipinski definition) is 3. The average Bonchev–Trinajstić information content (AvgIpc) is 2.76. The predicted octanol–water partition coefficient (Wildman–Crippen LogP) is 3.53. The van der Waals surface area contributed by atoms with Gasteiger partial charge in [0.25, 0.3) is 0 Å². The summed E-state index contributed by atoms with van der Waals surface area (Å²) in [7, 11) is 1.70. The molecule has 1 aliphatic rings. The lowest BCUT2D eigenvalue weighted by atomic mass is 9.86. The highest BCUT2D eigenvalue weighted by Crippen LogP contribution is 2.28. The molecule has 0 amide bonds. The molecule has 1 saturated heterocycles. The van der Waals surface area contributed by atoms with Gasteiger partial charge in [0.1, 0.15) is 5.75 Å². The van der Waals surface area contributed by atoms with Gasteiger partial charge in [0.05, 0.1) is 12.6 Å². The molecule has 1 aromatic carbocycles. The van der Waals surface area contributed by atoms with E-state index < -0.39 is 0 Å². The van der Waals surface area contributed by atoms with Crippen molar-refractivity contribution in [1.29, 1.82) is 0 Å². The van der Waals surface area contributed by atoms with Crippen LogP contribution in [0.5, 0.6) is 5.75 Å². The molecule has 1 aromatic rings. The summed E-state index contributed by atoms with van der Waals surface area (Å²) in [6.07, 6.45) is 7.48. The third-order valence-corrected chi connectivity index (χ3v) is 4.57. The lowest BCUT2D eigenvalue weighted by Crippen LogP contribution is -2.48. The summed E-state index contributed by atoms with van der Waals surface area (Å²) >= 11 is 0. The molecular formula is C18H30N2O. The van der Waals surface area contributed by atoms with E-state index in [0.29, 0.717) is 0 Å². The summed E-state index contributed by atoms with van der Waals surface area (Å²) in [5.74, 6) is 0.896. The van der Waals surface area contributed by atoms with E-state index >= 15 is 0 Å². The number of methoxy groups -OCH3 is 1. The van der Waals surface area contributed by atoms with Crippen LogP contribution in [0.25, 0.3) is 0 Å². The molecule has 1 fully saturated rings. The van der Waals surface area contributed by atoms with E-state index in [9.17, 15) is 0 Å². The van der Waals surface area contributed by atoms with Crippen LogP contribution in [0.2, 0.25) is 0 Å². The maximum atomic E-state index is 6.82. The minimum absolute atomic E-state index is 0.245. The molecule has 2 rings (SSSR count). The van der Waals surface area contributed by atoms with Crippen molar-refractivity contribution < 1.29 is 4.74 Å². The molecule has 1 atom stereocenters. The predicted molar refractivity (Wildman–Crippen MR) is 88.7 cm³/mol. The minimum atomic E-state index is -0.245. The van der Waals surface area contributed by atoms with Gasteiger partial charge in [0.15, 0.2) is 0 Å². The number of rotatable bonds is 6. The highest BCUT2D eigenvalue weighted by atomic mass is 16.5. The second-order valence-electron chi connectivity index (χ2n) is 6.33. The number of ether oxygens (including phenoxy) is 1. The largest absolute Gasteiger partial charge is 0.497 e. The van der Waals surface area contributed by atoms with E-state index in [0.717, 1.165) is 25.1 Å². The number of hydrogen-bond donors (Lipinski definition) is 1. The average molecular weight is 290 g/mol. The van der Waals surface area contributed by atoms with Crippen molar-refractivity contribution in [2.45, 2.75) is 51.0 Å². The van der Waals surface area contributed by atoms with Crippen molar-refractivity contribution in [2.24, 2.45) is 5.73 Å². The fourth-order valence-electron chi connectivity index (χ4n) is 3.38. The maximum Gasteiger partial charge on any atom is 0.118 e. The molecule has 2 N–H and O–H groups in total. The third kappa shape index (κ3) is 4.45. The van der Waals surface area contributed by atoms with Crippen LogP contribution in [-0.2, 0) is 5.54 Å². The molecular weight excluding hydrogens is 260 g/mol. The van der Waals surface area contributed by atoms with Crippen LogP contribution in [0.15, 0.2) is 24.3 Å². The van der Waals surface area contributed by atoms with Crippen LogP contribution in [0, 0.1) is 0 Å². The van der Waals surface area contributed by atoms with Crippen LogP contribution >= 0.6 is 0 Å². The van der Waals surface area contributed by atoms with Gasteiger partial charge in [0.2, 0.25) is 0 Å². The number of nitrogens with two attached hydrogens (primary N) is 1. The molecule has 3 nitrogen and oxygen atoms in total. The fourth-order valence-corrected chi connectivity index (χ4v) is 3.38. The van der Waals surface area contributed by atoms with Crippen LogP contribution in [0.3, 0.4) is 0 Å². The second-order valence-corrected chi connectivity index (χ2v) is 6.33. The van der Waals surface area contributed by atoms with Crippen molar-refractivity contribution in [1.82, 2.24) is 4.90 Å². The van der Waals surface area contributed by atoms with Crippen LogP contribution in [-0.4, -0.2) is 31.6 Å². The lowest BCUT2D eigenvalue weighted by Gasteiger charge is -2.35. The summed E-state index contributed by atoms with van der Waals surface area (Å²) < 4.78 is 5.26. The molecule has 3 heteroatoms. The zero-order valence-corrected chi connectivity index (χ0v) is 13.6. The van der Waals surface area contributed by atoms with Crippen LogP contribution in [0.1, 0.15) is 51.0 Å². The van der Waals surface area contributed by atoms with Gasteiger partial charge in [-0.25, -0.2) is 0 Å². The van der Waals surface area contributed by atoms with Gasteiger partial charge >= 0.3 is 0 Å². The number of benzene rings is 1. The van der Waals surface area contributed by atoms with Crippen LogP contribution < -0.4 is 10.5 Å². The first-order valence-electron chi connectivity index (χ1n) is 8.34. The summed E-state index contributed by atoms with van der Waals surface area (Å²) in [5, 5.41) is 0. The SMILES string of the molecule is CCCC(N)(CN1CCCCCC1)c1ccc(OC)cc1. The monoisotopic (exact) mass is 290 g/mol. The van der Waals surface area contributed by atoms with Crippen molar-refractivity contribution in [3.05, 3.63) is 29.8 Å². The molecule has 0 aliphatic carbocycles. The summed E-state index contributed by atoms with van der Waals surface area (Å²) in [6.45, 7) is 5.57. The molecule has 0 saturated carbocycles. The summed E-state index contributed by atoms with van der Waals surface area (Å²) in [5.41, 5.74) is 7.81. The van der Waals surface area contributed by atoms with Crippen molar-refractivity contribution in [3.8, 4) is 5.75 Å². The molecule has 0 aromatic heterocycles. The Bertz CT molecular complexity index is 410. The Balaban J connectivity index is 2.13. The highest BCUT2D eigenvalue weighted by Gasteiger charge is 2.29. The topological polar surface area (TPSA) is 38.5 Å². The molecule has 118 valence electrons. The minimum Gasteiger partial charge on any atom is -0.497 e. The first-order valence-corrected chi connectivity index (χ1v) is 8.34. The van der Waals surface area contributed by atoms with E-state index in [1.54, 1.807) is 7.11 Å². The molecule has 1 aliphatic heterocycles. The third-order valence-electron chi connectivity index (χ3n) is 4.57. The van der Waals surface area contributed by atoms with Crippen molar-refractivity contribution in [3.63, 3.8) is 0 Å². The van der Waals surface area contributed by atoms with Gasteiger partial charge in [-0.05, 0) is 50.0 Å². The van der Waals surface area contributed by atoms with Gasteiger partial charge in [-0.2, -0.15) is 0 Å². The molecule has 1 unspecified atom stereocenters. The number of nitrogens with zero attached hydrogens (tertiary/aromatic N) is 1. The molecule has 0 bridgehead atoms. The Morgan fingerprint density at radius 2 is 1.71 bits per heavy atom. The quantitative estimate of drug-likeness (QED) is 0.871. The van der Waals surface area contributed by atoms with E-state index in [4.69, 9.17) is 10.5 Å². The first-order chi connectivity index (χ1) is 10.2. The standard InChI is InChI=1S/C18H30N2O/c1-3-12-18(19,15-20-13-6-4-5-7-14-20)16-8-10-17(21-2)11-9-16/h8-11H,3-7,12-15,19H2,1-2H3. The maximum absolute atomic E-state index is 6.82. The van der Waals surface area contributed by atoms with E-state index in [2.05, 4.69) is 24.0 Å². The zero-order chi connectivity index (χ0) is 15.1. The Morgan fingerprint density at radius 1 is 1.10 bits per heavy atom. The Hall–Kier alpha value is -1.06. The van der Waals surface area contributed by atoms with Gasteiger partial charge in [-0.1, -0.05) is 38.3 Å². The summed E-state index contributed by atoms with van der Waals surface area (Å²) in [6, 6.07) is 8.31. The Morgan fingerprint density at radius 3 is 2.24 bits per heavy atom. The van der Waals surface area contributed by atoms with E-state index in [1.807, 2.05) is 12.1 Å². The van der Waals surface area contributed by atoms with Crippen molar-refractivity contribution in [2.75, 3.05) is 26.7 Å². The van der Waals surface area contributed by atoms with Gasteiger partial charge in [-0.15, -0.1) is 0 Å². The first kappa shape index (κ1) is 16.3. The Labute approximate surface area is 129 Å². The van der Waals surface area contributed by atoms with Crippen LogP contribution in [0.4, 0.5) is 0 Å². The second kappa shape index (κ2) is 7.81. The summed E-state index contributed by atoms with van der Waals surface area (Å²) in [4.78, 5) is 2.56. The van der Waals surface area contributed by atoms with E-state index in [-0.39, 0.29) is 5.54 Å². The molecule has 0 spiro atoms. The fraction of sp³-hybridized carbons (Fsp3) is 0.667. The molecule has 1 heterocycles. The zero-order valence-electron chi connectivity index (χ0n) is 13.6. The Kier molecular flexibility index (Phi) is 6.07. The lowest BCUT2D eigenvalue weighted by molar-refractivity contribution is 0.205. The number of likely N-dealkylation sites (tertiary alicyclic amines) is 1. The van der Waals surface area contributed by atoms with Gasteiger partial charge in [0, 0.05) is 6.54 Å². The van der Waals surface area contributed by atoms with Gasteiger partial charge in [-0.3, -0.25) is 0 Å². The van der Waals surface area contributed by atoms with Crippen molar-refractivity contribution >= 4 is 0 Å². The van der Waals surface area contributed by atoms with E-state index in [1.165, 1.54) is 44.3 Å². The highest BCUT2D eigenvalue weighted by molar-refractivity contribution is 5.32. The molecule has 0 radical (unpaired) electrons. The van der Waals surface area contributed by atoms with Gasteiger partial charge < -0.3 is 15.4 Å².